The van der Waals surface area contributed by atoms with Crippen LogP contribution in [-0.4, -0.2) is 4.98 Å². The molecule has 110 valence electrons. The zero-order chi connectivity index (χ0) is 15.7. The number of hydrogen-bond acceptors (Lipinski definition) is 2. The number of hydrogen-bond donors (Lipinski definition) is 0. The minimum Gasteiger partial charge on any atom is -0.437 e. The number of aromatic nitrogens is 2. The van der Waals surface area contributed by atoms with Gasteiger partial charge in [-0.15, -0.1) is 0 Å². The molecule has 3 aromatic rings. The Morgan fingerprint density at radius 1 is 1.27 bits per heavy atom. The van der Waals surface area contributed by atoms with E-state index < -0.39 is 0 Å². The number of furan rings is 1. The molecule has 0 aliphatic carbocycles. The van der Waals surface area contributed by atoms with Gasteiger partial charge in [-0.2, -0.15) is 0 Å². The van der Waals surface area contributed by atoms with Gasteiger partial charge in [-0.3, -0.25) is 0 Å². The molecule has 0 radical (unpaired) electrons. The van der Waals surface area contributed by atoms with Crippen molar-refractivity contribution in [3.63, 3.8) is 0 Å². The Bertz CT molecular complexity index is 980. The molecule has 0 bridgehead atoms. The van der Waals surface area contributed by atoms with Crippen molar-refractivity contribution < 1.29 is 8.98 Å². The van der Waals surface area contributed by atoms with Crippen LogP contribution in [0, 0.1) is 0 Å². The summed E-state index contributed by atoms with van der Waals surface area (Å²) in [4.78, 5) is 4.30. The lowest BCUT2D eigenvalue weighted by molar-refractivity contribution is -0.673. The van der Waals surface area contributed by atoms with Crippen LogP contribution in [0.15, 0.2) is 58.8 Å². The van der Waals surface area contributed by atoms with E-state index >= 15 is 0 Å². The fourth-order valence-electron chi connectivity index (χ4n) is 2.61. The van der Waals surface area contributed by atoms with E-state index in [1.807, 2.05) is 44.4 Å². The third kappa shape index (κ3) is 2.25. The summed E-state index contributed by atoms with van der Waals surface area (Å²) in [7, 11) is 2.03. The highest BCUT2D eigenvalue weighted by molar-refractivity contribution is 5.79. The van der Waals surface area contributed by atoms with Crippen molar-refractivity contribution >= 4 is 23.3 Å². The predicted octanol–water partition coefficient (Wildman–Crippen LogP) is 2.23. The number of pyridine rings is 2. The fraction of sp³-hybridized carbons (Fsp3) is 0.158. The first-order valence-electron chi connectivity index (χ1n) is 7.28. The summed E-state index contributed by atoms with van der Waals surface area (Å²) in [5.41, 5.74) is 4.69. The summed E-state index contributed by atoms with van der Waals surface area (Å²) < 4.78 is 8.11. The van der Waals surface area contributed by atoms with Gasteiger partial charge in [0.05, 0.1) is 5.57 Å². The smallest absolute Gasteiger partial charge is 0.227 e. The van der Waals surface area contributed by atoms with Crippen molar-refractivity contribution in [3.8, 4) is 0 Å². The van der Waals surface area contributed by atoms with Crippen LogP contribution < -0.4 is 15.2 Å². The topological polar surface area (TPSA) is 29.9 Å². The third-order valence-electron chi connectivity index (χ3n) is 3.93. The second-order valence-corrected chi connectivity index (χ2v) is 5.31. The molecule has 0 saturated heterocycles. The summed E-state index contributed by atoms with van der Waals surface area (Å²) >= 11 is 0. The highest BCUT2D eigenvalue weighted by Gasteiger charge is 2.18. The summed E-state index contributed by atoms with van der Waals surface area (Å²) in [5, 5.41) is 1.83. The second-order valence-electron chi connectivity index (χ2n) is 5.31. The Hall–Kier alpha value is -2.68. The normalized spacial score (nSPS) is 13.5. The second kappa shape index (κ2) is 5.60. The molecule has 0 aliphatic heterocycles. The number of nitrogens with zero attached hydrogens (tertiary/aromatic N) is 2. The highest BCUT2D eigenvalue weighted by atomic mass is 16.3. The summed E-state index contributed by atoms with van der Waals surface area (Å²) in [6.07, 6.45) is 5.85. The molecule has 0 atom stereocenters. The summed E-state index contributed by atoms with van der Waals surface area (Å²) in [6.45, 7) is 8.33. The molecule has 0 amide bonds. The Labute approximate surface area is 129 Å². The van der Waals surface area contributed by atoms with Crippen LogP contribution in [0.2, 0.25) is 0 Å². The summed E-state index contributed by atoms with van der Waals surface area (Å²) in [6, 6.07) is 10.0. The van der Waals surface area contributed by atoms with Crippen molar-refractivity contribution in [2.45, 2.75) is 13.8 Å². The van der Waals surface area contributed by atoms with Crippen molar-refractivity contribution in [1.29, 1.82) is 0 Å². The van der Waals surface area contributed by atoms with Crippen LogP contribution in [0.5, 0.6) is 0 Å². The molecule has 3 nitrogen and oxygen atoms in total. The molecule has 0 N–H and O–H groups in total. The SMILES string of the molecule is C=c1/c(=C(\C(C)=C/C)c2cccc[n+]2C)oc2ncccc12. The van der Waals surface area contributed by atoms with Crippen LogP contribution in [0.1, 0.15) is 19.5 Å². The van der Waals surface area contributed by atoms with Gasteiger partial charge >= 0.3 is 0 Å². The minimum absolute atomic E-state index is 0.627. The zero-order valence-electron chi connectivity index (χ0n) is 13.1. The molecule has 3 heteroatoms. The molecular weight excluding hydrogens is 272 g/mol. The quantitative estimate of drug-likeness (QED) is 0.678. The van der Waals surface area contributed by atoms with Crippen molar-refractivity contribution in [2.24, 2.45) is 7.05 Å². The van der Waals surface area contributed by atoms with Crippen LogP contribution >= 0.6 is 0 Å². The minimum atomic E-state index is 0.627. The first kappa shape index (κ1) is 14.3. The Kier molecular flexibility index (Phi) is 3.63. The van der Waals surface area contributed by atoms with Crippen molar-refractivity contribution in [1.82, 2.24) is 4.98 Å². The molecule has 0 spiro atoms. The lowest BCUT2D eigenvalue weighted by atomic mass is 10.0. The van der Waals surface area contributed by atoms with E-state index in [-0.39, 0.29) is 0 Å². The fourth-order valence-corrected chi connectivity index (χ4v) is 2.61. The highest BCUT2D eigenvalue weighted by Crippen LogP contribution is 2.17. The number of aryl methyl sites for hydroxylation is 1. The van der Waals surface area contributed by atoms with Gasteiger partial charge in [-0.25, -0.2) is 9.55 Å². The average Bonchev–Trinajstić information content (AvgIpc) is 2.87. The van der Waals surface area contributed by atoms with Gasteiger partial charge in [0.2, 0.25) is 11.4 Å². The maximum absolute atomic E-state index is 6.03. The average molecular weight is 291 g/mol. The molecule has 0 saturated carbocycles. The Morgan fingerprint density at radius 2 is 2.09 bits per heavy atom. The van der Waals surface area contributed by atoms with Gasteiger partial charge in [-0.1, -0.05) is 12.7 Å². The Balaban J connectivity index is 2.51. The molecule has 3 aromatic heterocycles. The number of fused-ring (bicyclic) bond motifs is 1. The first-order chi connectivity index (χ1) is 10.6. The Morgan fingerprint density at radius 3 is 2.77 bits per heavy atom. The number of rotatable bonds is 2. The van der Waals surface area contributed by atoms with Gasteiger partial charge in [-0.05, 0) is 37.6 Å². The maximum atomic E-state index is 6.03. The van der Waals surface area contributed by atoms with Crippen LogP contribution in [0.3, 0.4) is 0 Å². The molecule has 22 heavy (non-hydrogen) atoms. The molecule has 3 rings (SSSR count). The van der Waals surface area contributed by atoms with E-state index in [4.69, 9.17) is 4.42 Å². The molecule has 0 aromatic carbocycles. The first-order valence-corrected chi connectivity index (χ1v) is 7.28. The van der Waals surface area contributed by atoms with Crippen molar-refractivity contribution in [2.75, 3.05) is 0 Å². The van der Waals surface area contributed by atoms with Gasteiger partial charge in [0.15, 0.2) is 11.6 Å². The van der Waals surface area contributed by atoms with Gasteiger partial charge in [0, 0.05) is 28.9 Å². The molecule has 0 unspecified atom stereocenters. The maximum Gasteiger partial charge on any atom is 0.227 e. The lowest BCUT2D eigenvalue weighted by Crippen LogP contribution is -2.35. The number of allylic oxidation sites excluding steroid dienone is 2. The summed E-state index contributed by atoms with van der Waals surface area (Å²) in [5.74, 6) is 0. The van der Waals surface area contributed by atoms with E-state index in [2.05, 4.69) is 35.2 Å². The van der Waals surface area contributed by atoms with Crippen LogP contribution in [0.25, 0.3) is 23.3 Å². The third-order valence-corrected chi connectivity index (χ3v) is 3.93. The van der Waals surface area contributed by atoms with Crippen molar-refractivity contribution in [3.05, 3.63) is 70.7 Å². The van der Waals surface area contributed by atoms with Crippen LogP contribution in [-0.2, 0) is 7.05 Å². The van der Waals surface area contributed by atoms with E-state index in [0.29, 0.717) is 5.71 Å². The molecule has 0 fully saturated rings. The largest absolute Gasteiger partial charge is 0.437 e. The zero-order valence-corrected chi connectivity index (χ0v) is 13.1. The van der Waals surface area contributed by atoms with Gasteiger partial charge in [0.1, 0.15) is 7.05 Å². The molecule has 3 heterocycles. The lowest BCUT2D eigenvalue weighted by Gasteiger charge is -2.04. The van der Waals surface area contributed by atoms with Gasteiger partial charge in [0.25, 0.3) is 0 Å². The van der Waals surface area contributed by atoms with E-state index in [1.54, 1.807) is 6.20 Å². The predicted molar refractivity (Wildman–Crippen MR) is 88.3 cm³/mol. The standard InChI is InChI=1S/C19H19N2O/c1-5-13(2)17(16-10-6-7-12-21(16)4)18-14(3)15-9-8-11-20-19(15)22-18/h5-12H,3H2,1-2,4H3/q+1/b13-5-,18-17-. The van der Waals surface area contributed by atoms with E-state index in [9.17, 15) is 0 Å². The molecule has 0 aliphatic rings. The van der Waals surface area contributed by atoms with Crippen LogP contribution in [0.4, 0.5) is 0 Å². The van der Waals surface area contributed by atoms with Gasteiger partial charge < -0.3 is 4.42 Å². The van der Waals surface area contributed by atoms with E-state index in [1.165, 1.54) is 0 Å². The monoisotopic (exact) mass is 291 g/mol. The molecular formula is C19H19N2O+. The van der Waals surface area contributed by atoms with E-state index in [0.717, 1.165) is 32.9 Å².